The molecule has 2 saturated heterocycles. The van der Waals surface area contributed by atoms with Gasteiger partial charge in [0.1, 0.15) is 11.4 Å². The molecule has 0 unspecified atom stereocenters. The van der Waals surface area contributed by atoms with Crippen LogP contribution in [0, 0.1) is 5.82 Å². The molecule has 2 aliphatic rings. The van der Waals surface area contributed by atoms with Crippen LogP contribution in [0.5, 0.6) is 0 Å². The Kier molecular flexibility index (Phi) is 6.29. The quantitative estimate of drug-likeness (QED) is 0.577. The van der Waals surface area contributed by atoms with Crippen LogP contribution < -0.4 is 10.6 Å². The molecule has 3 amide bonds. The van der Waals surface area contributed by atoms with Crippen LogP contribution in [-0.4, -0.2) is 58.6 Å². The van der Waals surface area contributed by atoms with E-state index in [1.165, 1.54) is 16.4 Å². The van der Waals surface area contributed by atoms with Crippen LogP contribution in [0.2, 0.25) is 0 Å². The van der Waals surface area contributed by atoms with Crippen molar-refractivity contribution in [3.63, 3.8) is 0 Å². The molecule has 0 saturated carbocycles. The predicted octanol–water partition coefficient (Wildman–Crippen LogP) is 1.59. The Morgan fingerprint density at radius 2 is 1.88 bits per heavy atom. The number of imide groups is 1. The minimum absolute atomic E-state index is 0.153. The highest BCUT2D eigenvalue weighted by Crippen LogP contribution is 2.31. The molecule has 0 aliphatic carbocycles. The number of amides is 3. The Morgan fingerprint density at radius 1 is 1.16 bits per heavy atom. The minimum atomic E-state index is -3.80. The molecule has 2 aromatic rings. The summed E-state index contributed by atoms with van der Waals surface area (Å²) < 4.78 is 42.8. The van der Waals surface area contributed by atoms with E-state index in [0.717, 1.165) is 5.56 Å². The van der Waals surface area contributed by atoms with E-state index in [9.17, 15) is 22.4 Å². The summed E-state index contributed by atoms with van der Waals surface area (Å²) in [6.07, 6.45) is 6.96. The lowest BCUT2D eigenvalue weighted by atomic mass is 9.90. The number of benzene rings is 1. The number of carbonyl (C=O) groups is 2. The van der Waals surface area contributed by atoms with E-state index in [2.05, 4.69) is 15.6 Å². The van der Waals surface area contributed by atoms with Gasteiger partial charge in [-0.3, -0.25) is 10.1 Å². The summed E-state index contributed by atoms with van der Waals surface area (Å²) >= 11 is 0. The first kappa shape index (κ1) is 22.4. The van der Waals surface area contributed by atoms with Crippen LogP contribution in [-0.2, 0) is 21.4 Å². The van der Waals surface area contributed by atoms with Gasteiger partial charge in [0.05, 0.1) is 12.1 Å². The van der Waals surface area contributed by atoms with Crippen LogP contribution in [0.3, 0.4) is 0 Å². The number of carbonyl (C=O) groups excluding carboxylic acids is 2. The smallest absolute Gasteiger partial charge is 0.322 e. The maximum atomic E-state index is 13.2. The Labute approximate surface area is 186 Å². The third-order valence-electron chi connectivity index (χ3n) is 6.21. The second-order valence-corrected chi connectivity index (χ2v) is 10.3. The lowest BCUT2D eigenvalue weighted by Crippen LogP contribution is -2.55. The van der Waals surface area contributed by atoms with E-state index < -0.39 is 33.3 Å². The molecule has 11 heteroatoms. The van der Waals surface area contributed by atoms with Crippen LogP contribution in [0.1, 0.15) is 37.2 Å². The predicted molar refractivity (Wildman–Crippen MR) is 115 cm³/mol. The molecule has 1 atom stereocenters. The number of sulfonamides is 1. The highest BCUT2D eigenvalue weighted by molar-refractivity contribution is 7.89. The summed E-state index contributed by atoms with van der Waals surface area (Å²) in [7, 11) is -3.80. The van der Waals surface area contributed by atoms with E-state index in [0.29, 0.717) is 38.9 Å². The molecule has 2 aliphatic heterocycles. The summed E-state index contributed by atoms with van der Waals surface area (Å²) in [5, 5.41) is 4.75. The van der Waals surface area contributed by atoms with E-state index in [-0.39, 0.29) is 18.2 Å². The van der Waals surface area contributed by atoms with Crippen molar-refractivity contribution >= 4 is 22.0 Å². The van der Waals surface area contributed by atoms with Crippen LogP contribution in [0.4, 0.5) is 9.18 Å². The summed E-state index contributed by atoms with van der Waals surface area (Å²) in [5.41, 5.74) is -0.508. The van der Waals surface area contributed by atoms with Crippen molar-refractivity contribution in [2.45, 2.75) is 43.7 Å². The number of hydrogen-bond acceptors (Lipinski definition) is 5. The zero-order valence-corrected chi connectivity index (χ0v) is 18.4. The Bertz CT molecular complexity index is 1070. The Hall–Kier alpha value is -2.79. The normalized spacial score (nSPS) is 22.7. The SMILES string of the molecule is O=C1NC(=O)[C@](CCCn2ccnc2)(CS(=O)(=O)N2CCC(c3ccc(F)cc3)CC2)N1. The molecule has 3 heterocycles. The molecule has 2 fully saturated rings. The summed E-state index contributed by atoms with van der Waals surface area (Å²) in [4.78, 5) is 28.4. The lowest BCUT2D eigenvalue weighted by molar-refractivity contribution is -0.123. The molecule has 0 bridgehead atoms. The fourth-order valence-electron chi connectivity index (χ4n) is 4.47. The van der Waals surface area contributed by atoms with E-state index in [1.807, 2.05) is 4.57 Å². The van der Waals surface area contributed by atoms with Gasteiger partial charge in [-0.2, -0.15) is 0 Å². The number of hydrogen-bond donors (Lipinski definition) is 2. The fraction of sp³-hybridized carbons (Fsp3) is 0.476. The van der Waals surface area contributed by atoms with Gasteiger partial charge in [-0.15, -0.1) is 0 Å². The number of piperidine rings is 1. The molecule has 1 aromatic carbocycles. The zero-order chi connectivity index (χ0) is 22.8. The van der Waals surface area contributed by atoms with Gasteiger partial charge in [-0.1, -0.05) is 12.1 Å². The molecule has 0 spiro atoms. The van der Waals surface area contributed by atoms with Gasteiger partial charge < -0.3 is 9.88 Å². The van der Waals surface area contributed by atoms with Crippen molar-refractivity contribution < 1.29 is 22.4 Å². The number of nitrogens with one attached hydrogen (secondary N) is 2. The van der Waals surface area contributed by atoms with Gasteiger partial charge in [0.2, 0.25) is 10.0 Å². The number of rotatable bonds is 8. The molecule has 0 radical (unpaired) electrons. The number of aryl methyl sites for hydroxylation is 1. The first-order valence-electron chi connectivity index (χ1n) is 10.6. The highest BCUT2D eigenvalue weighted by Gasteiger charge is 2.50. The second kappa shape index (κ2) is 8.99. The number of urea groups is 1. The first-order valence-corrected chi connectivity index (χ1v) is 12.2. The van der Waals surface area contributed by atoms with Gasteiger partial charge in [0.15, 0.2) is 0 Å². The Morgan fingerprint density at radius 3 is 2.47 bits per heavy atom. The Balaban J connectivity index is 1.41. The third-order valence-corrected chi connectivity index (χ3v) is 8.22. The van der Waals surface area contributed by atoms with Crippen LogP contribution in [0.25, 0.3) is 0 Å². The van der Waals surface area contributed by atoms with Crippen molar-refractivity contribution in [1.29, 1.82) is 0 Å². The standard InChI is InChI=1S/C21H26FN5O4S/c22-18-4-2-16(3-5-18)17-6-11-27(12-7-17)32(30,31)14-21(19(28)24-20(29)25-21)8-1-10-26-13-9-23-15-26/h2-5,9,13,15,17H,1,6-8,10-12,14H2,(H2,24,25,28,29)/t21-/m0/s1. The molecule has 1 aromatic heterocycles. The van der Waals surface area contributed by atoms with Crippen molar-refractivity contribution in [2.24, 2.45) is 0 Å². The maximum absolute atomic E-state index is 13.2. The largest absolute Gasteiger partial charge is 0.337 e. The highest BCUT2D eigenvalue weighted by atomic mass is 32.2. The maximum Gasteiger partial charge on any atom is 0.322 e. The van der Waals surface area contributed by atoms with Crippen molar-refractivity contribution in [3.05, 3.63) is 54.4 Å². The van der Waals surface area contributed by atoms with Gasteiger partial charge in [0, 0.05) is 32.0 Å². The third kappa shape index (κ3) is 4.83. The zero-order valence-electron chi connectivity index (χ0n) is 17.5. The van der Waals surface area contributed by atoms with Crippen molar-refractivity contribution in [1.82, 2.24) is 24.5 Å². The first-order chi connectivity index (χ1) is 15.3. The topological polar surface area (TPSA) is 113 Å². The van der Waals surface area contributed by atoms with E-state index in [1.54, 1.807) is 30.9 Å². The van der Waals surface area contributed by atoms with Crippen LogP contribution in [0.15, 0.2) is 43.0 Å². The molecular formula is C21H26FN5O4S. The molecule has 172 valence electrons. The minimum Gasteiger partial charge on any atom is -0.337 e. The molecule has 2 N–H and O–H groups in total. The van der Waals surface area contributed by atoms with Crippen LogP contribution >= 0.6 is 0 Å². The summed E-state index contributed by atoms with van der Waals surface area (Å²) in [5.74, 6) is -1.24. The van der Waals surface area contributed by atoms with E-state index in [4.69, 9.17) is 0 Å². The number of nitrogens with zero attached hydrogens (tertiary/aromatic N) is 3. The average Bonchev–Trinajstić information content (AvgIpc) is 3.36. The summed E-state index contributed by atoms with van der Waals surface area (Å²) in [6.45, 7) is 1.17. The average molecular weight is 464 g/mol. The van der Waals surface area contributed by atoms with Gasteiger partial charge in [-0.05, 0) is 49.3 Å². The number of halogens is 1. The molecular weight excluding hydrogens is 437 g/mol. The number of aromatic nitrogens is 2. The van der Waals surface area contributed by atoms with Gasteiger partial charge in [0.25, 0.3) is 5.91 Å². The summed E-state index contributed by atoms with van der Waals surface area (Å²) in [6, 6.07) is 5.61. The fourth-order valence-corrected chi connectivity index (χ4v) is 6.39. The second-order valence-electron chi connectivity index (χ2n) is 8.38. The van der Waals surface area contributed by atoms with Gasteiger partial charge >= 0.3 is 6.03 Å². The van der Waals surface area contributed by atoms with Crippen molar-refractivity contribution in [2.75, 3.05) is 18.8 Å². The van der Waals surface area contributed by atoms with Crippen molar-refractivity contribution in [3.8, 4) is 0 Å². The molecule has 9 nitrogen and oxygen atoms in total. The monoisotopic (exact) mass is 463 g/mol. The lowest BCUT2D eigenvalue weighted by Gasteiger charge is -2.34. The van der Waals surface area contributed by atoms with Gasteiger partial charge in [-0.25, -0.2) is 26.9 Å². The number of imidazole rings is 1. The molecule has 32 heavy (non-hydrogen) atoms. The van der Waals surface area contributed by atoms with E-state index >= 15 is 0 Å². The molecule has 4 rings (SSSR count).